The summed E-state index contributed by atoms with van der Waals surface area (Å²) in [5.41, 5.74) is 7.79. The number of benzene rings is 2. The molecule has 0 aliphatic carbocycles. The second-order valence-electron chi connectivity index (χ2n) is 6.16. The Morgan fingerprint density at radius 2 is 2.00 bits per heavy atom. The van der Waals surface area contributed by atoms with Crippen molar-refractivity contribution in [3.05, 3.63) is 59.7 Å². The standard InChI is InChI=1S/C20H24N4O3.BrH/c1-26-17-8-4-2-6-14(17)12-22-20(21)23-13-19(25)24-16-10-11-27-18-9-5-3-7-15(16)18;/h2-9,16H,10-13H2,1H3,(H,24,25)(H3,21,22,23);1H. The molecule has 7 nitrogen and oxygen atoms in total. The van der Waals surface area contributed by atoms with Crippen LogP contribution in [0.1, 0.15) is 23.6 Å². The van der Waals surface area contributed by atoms with E-state index in [1.165, 1.54) is 0 Å². The molecule has 1 unspecified atom stereocenters. The van der Waals surface area contributed by atoms with Gasteiger partial charge in [-0.2, -0.15) is 0 Å². The van der Waals surface area contributed by atoms with Gasteiger partial charge in [-0.05, 0) is 12.1 Å². The number of rotatable bonds is 6. The lowest BCUT2D eigenvalue weighted by molar-refractivity contribution is -0.120. The zero-order chi connectivity index (χ0) is 19.1. The number of aliphatic imine (C=N–C) groups is 1. The van der Waals surface area contributed by atoms with Gasteiger partial charge < -0.3 is 25.8 Å². The van der Waals surface area contributed by atoms with Gasteiger partial charge in [0, 0.05) is 17.5 Å². The Bertz CT molecular complexity index is 829. The third-order valence-electron chi connectivity index (χ3n) is 4.34. The Balaban J connectivity index is 0.00000280. The van der Waals surface area contributed by atoms with E-state index < -0.39 is 0 Å². The van der Waals surface area contributed by atoms with Crippen LogP contribution in [-0.4, -0.2) is 32.1 Å². The smallest absolute Gasteiger partial charge is 0.239 e. The highest BCUT2D eigenvalue weighted by atomic mass is 79.9. The van der Waals surface area contributed by atoms with Gasteiger partial charge in [-0.3, -0.25) is 4.79 Å². The Kier molecular flexibility index (Phi) is 8.13. The number of guanidine groups is 1. The zero-order valence-electron chi connectivity index (χ0n) is 15.7. The van der Waals surface area contributed by atoms with Gasteiger partial charge in [0.15, 0.2) is 5.96 Å². The predicted octanol–water partition coefficient (Wildman–Crippen LogP) is 2.32. The molecule has 1 atom stereocenters. The minimum Gasteiger partial charge on any atom is -0.496 e. The van der Waals surface area contributed by atoms with Crippen LogP contribution in [0.25, 0.3) is 0 Å². The molecule has 1 heterocycles. The molecule has 0 saturated carbocycles. The van der Waals surface area contributed by atoms with Crippen molar-refractivity contribution in [2.24, 2.45) is 10.7 Å². The molecular weight excluding hydrogens is 424 g/mol. The average molecular weight is 449 g/mol. The first kappa shape index (κ1) is 21.6. The molecule has 2 aromatic carbocycles. The number of carbonyl (C=O) groups excluding carboxylic acids is 1. The summed E-state index contributed by atoms with van der Waals surface area (Å²) < 4.78 is 10.9. The van der Waals surface area contributed by atoms with Crippen molar-refractivity contribution >= 4 is 28.8 Å². The summed E-state index contributed by atoms with van der Waals surface area (Å²) in [5, 5.41) is 5.86. The maximum atomic E-state index is 12.3. The molecule has 0 bridgehead atoms. The van der Waals surface area contributed by atoms with Gasteiger partial charge in [0.2, 0.25) is 5.91 Å². The van der Waals surface area contributed by atoms with Gasteiger partial charge >= 0.3 is 0 Å². The van der Waals surface area contributed by atoms with E-state index in [1.54, 1.807) is 7.11 Å². The van der Waals surface area contributed by atoms with Crippen molar-refractivity contribution in [3.8, 4) is 11.5 Å². The Hall–Kier alpha value is -2.74. The van der Waals surface area contributed by atoms with Gasteiger partial charge in [0.25, 0.3) is 0 Å². The molecule has 3 rings (SSSR count). The van der Waals surface area contributed by atoms with Gasteiger partial charge in [-0.1, -0.05) is 36.4 Å². The Morgan fingerprint density at radius 3 is 2.82 bits per heavy atom. The Labute approximate surface area is 175 Å². The van der Waals surface area contributed by atoms with Gasteiger partial charge in [-0.25, -0.2) is 4.99 Å². The lowest BCUT2D eigenvalue weighted by Crippen LogP contribution is -2.42. The normalized spacial score (nSPS) is 15.5. The fraction of sp³-hybridized carbons (Fsp3) is 0.300. The number of hydrogen-bond donors (Lipinski definition) is 3. The van der Waals surface area contributed by atoms with E-state index in [1.807, 2.05) is 48.5 Å². The largest absolute Gasteiger partial charge is 0.496 e. The highest BCUT2D eigenvalue weighted by Crippen LogP contribution is 2.31. The van der Waals surface area contributed by atoms with E-state index in [0.29, 0.717) is 13.2 Å². The number of para-hydroxylation sites is 2. The van der Waals surface area contributed by atoms with E-state index >= 15 is 0 Å². The third kappa shape index (κ3) is 5.63. The minimum atomic E-state index is -0.146. The fourth-order valence-corrected chi connectivity index (χ4v) is 2.97. The van der Waals surface area contributed by atoms with E-state index in [2.05, 4.69) is 15.6 Å². The molecule has 0 aromatic heterocycles. The van der Waals surface area contributed by atoms with Crippen LogP contribution in [0.5, 0.6) is 11.5 Å². The summed E-state index contributed by atoms with van der Waals surface area (Å²) in [4.78, 5) is 16.5. The number of nitrogens with two attached hydrogens (primary N) is 1. The summed E-state index contributed by atoms with van der Waals surface area (Å²) in [7, 11) is 1.61. The molecule has 8 heteroatoms. The molecule has 1 amide bonds. The zero-order valence-corrected chi connectivity index (χ0v) is 17.4. The van der Waals surface area contributed by atoms with Crippen molar-refractivity contribution < 1.29 is 14.3 Å². The van der Waals surface area contributed by atoms with Gasteiger partial charge in [0.1, 0.15) is 11.5 Å². The molecule has 2 aromatic rings. The fourth-order valence-electron chi connectivity index (χ4n) is 2.97. The number of amides is 1. The highest BCUT2D eigenvalue weighted by molar-refractivity contribution is 8.93. The van der Waals surface area contributed by atoms with Crippen molar-refractivity contribution in [1.82, 2.24) is 10.6 Å². The summed E-state index contributed by atoms with van der Waals surface area (Å²) in [6.07, 6.45) is 0.736. The quantitative estimate of drug-likeness (QED) is 0.465. The first-order valence-corrected chi connectivity index (χ1v) is 8.84. The van der Waals surface area contributed by atoms with Crippen molar-refractivity contribution in [3.63, 3.8) is 0 Å². The number of halogens is 1. The number of methoxy groups -OCH3 is 1. The predicted molar refractivity (Wildman–Crippen MR) is 114 cm³/mol. The summed E-state index contributed by atoms with van der Waals surface area (Å²) in [6, 6.07) is 15.3. The number of fused-ring (bicyclic) bond motifs is 1. The number of carbonyl (C=O) groups is 1. The molecule has 0 radical (unpaired) electrons. The molecule has 28 heavy (non-hydrogen) atoms. The van der Waals surface area contributed by atoms with Crippen LogP contribution in [0.2, 0.25) is 0 Å². The average Bonchev–Trinajstić information content (AvgIpc) is 2.71. The maximum Gasteiger partial charge on any atom is 0.239 e. The van der Waals surface area contributed by atoms with Crippen LogP contribution in [0, 0.1) is 0 Å². The number of hydrogen-bond acceptors (Lipinski definition) is 4. The molecule has 1 aliphatic heterocycles. The van der Waals surface area contributed by atoms with E-state index in [4.69, 9.17) is 15.2 Å². The number of nitrogens with one attached hydrogen (secondary N) is 2. The second-order valence-corrected chi connectivity index (χ2v) is 6.16. The number of nitrogens with zero attached hydrogens (tertiary/aromatic N) is 1. The maximum absolute atomic E-state index is 12.3. The third-order valence-corrected chi connectivity index (χ3v) is 4.34. The van der Waals surface area contributed by atoms with E-state index in [-0.39, 0.29) is 41.4 Å². The molecule has 0 saturated heterocycles. The van der Waals surface area contributed by atoms with Crippen LogP contribution in [0.3, 0.4) is 0 Å². The molecule has 0 spiro atoms. The Morgan fingerprint density at radius 1 is 1.25 bits per heavy atom. The summed E-state index contributed by atoms with van der Waals surface area (Å²) in [5.74, 6) is 1.64. The van der Waals surface area contributed by atoms with Gasteiger partial charge in [0.05, 0.1) is 32.8 Å². The first-order valence-electron chi connectivity index (χ1n) is 8.84. The van der Waals surface area contributed by atoms with Crippen molar-refractivity contribution in [2.45, 2.75) is 19.0 Å². The monoisotopic (exact) mass is 448 g/mol. The topological polar surface area (TPSA) is 98.0 Å². The van der Waals surface area contributed by atoms with Crippen LogP contribution >= 0.6 is 17.0 Å². The van der Waals surface area contributed by atoms with Crippen LogP contribution in [0.4, 0.5) is 0 Å². The van der Waals surface area contributed by atoms with E-state index in [0.717, 1.165) is 29.0 Å². The lowest BCUT2D eigenvalue weighted by atomic mass is 10.0. The number of ether oxygens (including phenoxy) is 2. The van der Waals surface area contributed by atoms with Crippen LogP contribution in [-0.2, 0) is 11.3 Å². The van der Waals surface area contributed by atoms with E-state index in [9.17, 15) is 4.79 Å². The molecule has 4 N–H and O–H groups in total. The first-order chi connectivity index (χ1) is 13.2. The van der Waals surface area contributed by atoms with Crippen LogP contribution in [0.15, 0.2) is 53.5 Å². The molecule has 0 fully saturated rings. The molecular formula is C20H25BrN4O3. The summed E-state index contributed by atoms with van der Waals surface area (Å²) >= 11 is 0. The van der Waals surface area contributed by atoms with Crippen LogP contribution < -0.4 is 25.8 Å². The van der Waals surface area contributed by atoms with Gasteiger partial charge in [-0.15, -0.1) is 17.0 Å². The lowest BCUT2D eigenvalue weighted by Gasteiger charge is -2.26. The SMILES string of the molecule is Br.COc1ccccc1CN=C(N)NCC(=O)NC1CCOc2ccccc21. The summed E-state index contributed by atoms with van der Waals surface area (Å²) in [6.45, 7) is 1.01. The highest BCUT2D eigenvalue weighted by Gasteiger charge is 2.22. The molecule has 150 valence electrons. The second kappa shape index (κ2) is 10.6. The van der Waals surface area contributed by atoms with Crippen molar-refractivity contribution in [1.29, 1.82) is 0 Å². The minimum absolute atomic E-state index is 0. The molecule has 1 aliphatic rings. The van der Waals surface area contributed by atoms with Crippen molar-refractivity contribution in [2.75, 3.05) is 20.3 Å².